The molecule has 1 aromatic rings. The number of aryl methyl sites for hydroxylation is 1. The molecule has 0 radical (unpaired) electrons. The zero-order valence-electron chi connectivity index (χ0n) is 7.29. The van der Waals surface area contributed by atoms with Crippen LogP contribution >= 0.6 is 23.1 Å². The molecule has 0 aliphatic carbocycles. The highest BCUT2D eigenvalue weighted by Gasteiger charge is 2.08. The first-order chi connectivity index (χ1) is 5.75. The maximum Gasteiger partial charge on any atom is 0.164 e. The number of rotatable bonds is 4. The van der Waals surface area contributed by atoms with Crippen LogP contribution < -0.4 is 0 Å². The van der Waals surface area contributed by atoms with E-state index in [1.165, 1.54) is 0 Å². The minimum atomic E-state index is 0.281. The van der Waals surface area contributed by atoms with Crippen LogP contribution in [0.1, 0.15) is 21.7 Å². The minimum Gasteiger partial charge on any atom is -0.294 e. The third kappa shape index (κ3) is 2.35. The van der Waals surface area contributed by atoms with E-state index in [1.54, 1.807) is 23.1 Å². The molecule has 1 nitrogen and oxygen atoms in total. The first kappa shape index (κ1) is 9.81. The lowest BCUT2D eigenvalue weighted by atomic mass is 10.1. The van der Waals surface area contributed by atoms with Gasteiger partial charge < -0.3 is 0 Å². The van der Waals surface area contributed by atoms with Crippen molar-refractivity contribution in [3.63, 3.8) is 0 Å². The molecule has 0 aliphatic rings. The van der Waals surface area contributed by atoms with E-state index < -0.39 is 0 Å². The average molecular weight is 200 g/mol. The van der Waals surface area contributed by atoms with Crippen molar-refractivity contribution >= 4 is 28.9 Å². The Morgan fingerprint density at radius 3 is 2.92 bits per heavy atom. The summed E-state index contributed by atoms with van der Waals surface area (Å²) in [6.07, 6.45) is 2.69. The molecule has 0 saturated carbocycles. The fourth-order valence-corrected chi connectivity index (χ4v) is 2.11. The van der Waals surface area contributed by atoms with Gasteiger partial charge in [-0.1, -0.05) is 0 Å². The maximum absolute atomic E-state index is 11.5. The topological polar surface area (TPSA) is 17.1 Å². The summed E-state index contributed by atoms with van der Waals surface area (Å²) < 4.78 is 0. The van der Waals surface area contributed by atoms with E-state index >= 15 is 0 Å². The summed E-state index contributed by atoms with van der Waals surface area (Å²) in [6, 6.07) is 1.92. The van der Waals surface area contributed by atoms with E-state index in [4.69, 9.17) is 0 Å². The molecule has 0 amide bonds. The van der Waals surface area contributed by atoms with Crippen molar-refractivity contribution in [1.82, 2.24) is 0 Å². The minimum absolute atomic E-state index is 0.281. The van der Waals surface area contributed by atoms with Crippen LogP contribution in [-0.4, -0.2) is 17.8 Å². The summed E-state index contributed by atoms with van der Waals surface area (Å²) in [5, 5.41) is 1.97. The zero-order valence-corrected chi connectivity index (χ0v) is 8.93. The second kappa shape index (κ2) is 4.67. The van der Waals surface area contributed by atoms with Crippen molar-refractivity contribution in [1.29, 1.82) is 0 Å². The highest BCUT2D eigenvalue weighted by molar-refractivity contribution is 7.98. The van der Waals surface area contributed by atoms with Gasteiger partial charge in [-0.15, -0.1) is 11.3 Å². The summed E-state index contributed by atoms with van der Waals surface area (Å²) in [4.78, 5) is 12.6. The lowest BCUT2D eigenvalue weighted by Gasteiger charge is -1.97. The van der Waals surface area contributed by atoms with Gasteiger partial charge in [0.2, 0.25) is 0 Å². The number of carbonyl (C=O) groups is 1. The molecule has 0 aromatic carbocycles. The van der Waals surface area contributed by atoms with Crippen LogP contribution in [0.5, 0.6) is 0 Å². The largest absolute Gasteiger partial charge is 0.294 e. The number of hydrogen-bond donors (Lipinski definition) is 0. The number of thioether (sulfide) groups is 1. The van der Waals surface area contributed by atoms with Crippen molar-refractivity contribution in [3.05, 3.63) is 21.9 Å². The Morgan fingerprint density at radius 2 is 2.42 bits per heavy atom. The van der Waals surface area contributed by atoms with Gasteiger partial charge in [0.15, 0.2) is 5.78 Å². The van der Waals surface area contributed by atoms with Crippen LogP contribution in [0.4, 0.5) is 0 Å². The van der Waals surface area contributed by atoms with Gasteiger partial charge in [0.05, 0.1) is 0 Å². The number of hydrogen-bond acceptors (Lipinski definition) is 3. The third-order valence-electron chi connectivity index (χ3n) is 1.69. The summed E-state index contributed by atoms with van der Waals surface area (Å²) in [5.41, 5.74) is 0.911. The van der Waals surface area contributed by atoms with Crippen LogP contribution in [0.3, 0.4) is 0 Å². The van der Waals surface area contributed by atoms with Crippen LogP contribution in [-0.2, 0) is 0 Å². The smallest absolute Gasteiger partial charge is 0.164 e. The molecule has 1 rings (SSSR count). The Balaban J connectivity index is 2.59. The molecule has 3 heteroatoms. The zero-order chi connectivity index (χ0) is 8.97. The Hall–Kier alpha value is -0.280. The lowest BCUT2D eigenvalue weighted by molar-refractivity contribution is 0.0989. The standard InChI is InChI=1S/C9H12OS2/c1-7-8(3-6-12-7)9(10)4-5-11-2/h3,6H,4-5H2,1-2H3. The fraction of sp³-hybridized carbons (Fsp3) is 0.444. The predicted molar refractivity (Wildman–Crippen MR) is 56.4 cm³/mol. The second-order valence-corrected chi connectivity index (χ2v) is 4.66. The molecule has 0 aliphatic heterocycles. The third-order valence-corrected chi connectivity index (χ3v) is 3.15. The van der Waals surface area contributed by atoms with Crippen molar-refractivity contribution in [3.8, 4) is 0 Å². The molecule has 0 spiro atoms. The number of Topliss-reactive ketones (excluding diaryl/α,β-unsaturated/α-hetero) is 1. The molecule has 0 fully saturated rings. The number of carbonyl (C=O) groups excluding carboxylic acids is 1. The molecule has 1 heterocycles. The van der Waals surface area contributed by atoms with Gasteiger partial charge in [0.1, 0.15) is 0 Å². The van der Waals surface area contributed by atoms with Crippen LogP contribution in [0.15, 0.2) is 11.4 Å². The highest BCUT2D eigenvalue weighted by atomic mass is 32.2. The maximum atomic E-state index is 11.5. The van der Waals surface area contributed by atoms with Gasteiger partial charge in [0.25, 0.3) is 0 Å². The molecular formula is C9H12OS2. The molecule has 1 aromatic heterocycles. The number of ketones is 1. The average Bonchev–Trinajstić information content (AvgIpc) is 2.47. The number of thiophene rings is 1. The van der Waals surface area contributed by atoms with E-state index in [9.17, 15) is 4.79 Å². The van der Waals surface area contributed by atoms with Gasteiger partial charge in [-0.25, -0.2) is 0 Å². The molecule has 66 valence electrons. The SMILES string of the molecule is CSCCC(=O)c1ccsc1C. The Morgan fingerprint density at radius 1 is 1.67 bits per heavy atom. The molecule has 0 N–H and O–H groups in total. The molecule has 12 heavy (non-hydrogen) atoms. The summed E-state index contributed by atoms with van der Waals surface area (Å²) in [6.45, 7) is 2.00. The van der Waals surface area contributed by atoms with Crippen molar-refractivity contribution in [2.24, 2.45) is 0 Å². The van der Waals surface area contributed by atoms with Crippen molar-refractivity contribution in [2.75, 3.05) is 12.0 Å². The van der Waals surface area contributed by atoms with E-state index in [0.717, 1.165) is 16.2 Å². The molecule has 0 bridgehead atoms. The van der Waals surface area contributed by atoms with E-state index in [1.807, 2.05) is 24.6 Å². The van der Waals surface area contributed by atoms with E-state index in [-0.39, 0.29) is 5.78 Å². The first-order valence-electron chi connectivity index (χ1n) is 3.82. The first-order valence-corrected chi connectivity index (χ1v) is 6.09. The molecule has 0 saturated heterocycles. The van der Waals surface area contributed by atoms with Crippen LogP contribution in [0.25, 0.3) is 0 Å². The quantitative estimate of drug-likeness (QED) is 0.695. The molecular weight excluding hydrogens is 188 g/mol. The summed E-state index contributed by atoms with van der Waals surface area (Å²) >= 11 is 3.35. The normalized spacial score (nSPS) is 10.2. The molecule has 0 unspecified atom stereocenters. The van der Waals surface area contributed by atoms with Crippen molar-refractivity contribution in [2.45, 2.75) is 13.3 Å². The van der Waals surface area contributed by atoms with Gasteiger partial charge in [-0.05, 0) is 24.6 Å². The van der Waals surface area contributed by atoms with Gasteiger partial charge in [-0.3, -0.25) is 4.79 Å². The summed E-state index contributed by atoms with van der Waals surface area (Å²) in [5.74, 6) is 1.21. The van der Waals surface area contributed by atoms with E-state index in [2.05, 4.69) is 0 Å². The predicted octanol–water partition coefficient (Wildman–Crippen LogP) is 2.99. The second-order valence-electron chi connectivity index (χ2n) is 2.56. The van der Waals surface area contributed by atoms with Crippen LogP contribution in [0, 0.1) is 6.92 Å². The fourth-order valence-electron chi connectivity index (χ4n) is 1.00. The van der Waals surface area contributed by atoms with Crippen LogP contribution in [0.2, 0.25) is 0 Å². The van der Waals surface area contributed by atoms with E-state index in [0.29, 0.717) is 6.42 Å². The van der Waals surface area contributed by atoms with Gasteiger partial charge >= 0.3 is 0 Å². The Labute approximate surface area is 81.2 Å². The lowest BCUT2D eigenvalue weighted by Crippen LogP contribution is -1.99. The highest BCUT2D eigenvalue weighted by Crippen LogP contribution is 2.17. The van der Waals surface area contributed by atoms with Gasteiger partial charge in [-0.2, -0.15) is 11.8 Å². The molecule has 0 atom stereocenters. The monoisotopic (exact) mass is 200 g/mol. The summed E-state index contributed by atoms with van der Waals surface area (Å²) in [7, 11) is 0. The van der Waals surface area contributed by atoms with Gasteiger partial charge in [0, 0.05) is 22.6 Å². The Kier molecular flexibility index (Phi) is 3.82. The Bertz CT molecular complexity index is 265. The van der Waals surface area contributed by atoms with Crippen molar-refractivity contribution < 1.29 is 4.79 Å².